The highest BCUT2D eigenvalue weighted by Crippen LogP contribution is 2.68. The van der Waals surface area contributed by atoms with Crippen molar-refractivity contribution in [2.75, 3.05) is 17.6 Å². The molecule has 0 aliphatic heterocycles. The molecule has 17 heavy (non-hydrogen) atoms. The van der Waals surface area contributed by atoms with Crippen LogP contribution in [0.2, 0.25) is 5.02 Å². The fourth-order valence-corrected chi connectivity index (χ4v) is 2.81. The molecule has 1 saturated carbocycles. The van der Waals surface area contributed by atoms with Crippen LogP contribution in [0.15, 0.2) is 12.3 Å². The summed E-state index contributed by atoms with van der Waals surface area (Å²) in [5, 5.41) is 3.89. The highest BCUT2D eigenvalue weighted by Gasteiger charge is 2.64. The summed E-state index contributed by atoms with van der Waals surface area (Å²) in [6, 6.07) is 1.72. The number of rotatable bonds is 3. The molecule has 0 radical (unpaired) electrons. The highest BCUT2D eigenvalue weighted by atomic mass is 35.5. The van der Waals surface area contributed by atoms with E-state index in [0.717, 1.165) is 12.4 Å². The Hall–Kier alpha value is -0.960. The lowest BCUT2D eigenvalue weighted by Gasteiger charge is -2.09. The number of hydrogen-bond donors (Lipinski definition) is 2. The van der Waals surface area contributed by atoms with Crippen molar-refractivity contribution in [1.29, 1.82) is 0 Å². The van der Waals surface area contributed by atoms with Crippen LogP contribution in [0.5, 0.6) is 0 Å². The molecule has 2 rings (SSSR count). The second kappa shape index (κ2) is 3.77. The van der Waals surface area contributed by atoms with Gasteiger partial charge in [-0.2, -0.15) is 0 Å². The first-order valence-electron chi connectivity index (χ1n) is 5.91. The van der Waals surface area contributed by atoms with Crippen LogP contribution < -0.4 is 11.1 Å². The Labute approximate surface area is 108 Å². The number of pyridine rings is 1. The molecule has 1 heterocycles. The van der Waals surface area contributed by atoms with E-state index in [4.69, 9.17) is 17.3 Å². The number of hydrogen-bond acceptors (Lipinski definition) is 3. The van der Waals surface area contributed by atoms with Crippen molar-refractivity contribution in [3.8, 4) is 0 Å². The largest absolute Gasteiger partial charge is 0.396 e. The van der Waals surface area contributed by atoms with E-state index in [1.807, 2.05) is 0 Å². The Balaban J connectivity index is 2.00. The maximum atomic E-state index is 5.85. The van der Waals surface area contributed by atoms with Gasteiger partial charge < -0.3 is 11.1 Å². The number of nitrogens with one attached hydrogen (secondary N) is 1. The lowest BCUT2D eigenvalue weighted by atomic mass is 10.0. The second-order valence-electron chi connectivity index (χ2n) is 5.97. The van der Waals surface area contributed by atoms with E-state index in [-0.39, 0.29) is 0 Å². The minimum absolute atomic E-state index is 0.376. The first-order valence-corrected chi connectivity index (χ1v) is 6.29. The van der Waals surface area contributed by atoms with E-state index in [0.29, 0.717) is 27.5 Å². The summed E-state index contributed by atoms with van der Waals surface area (Å²) in [5.41, 5.74) is 7.21. The van der Waals surface area contributed by atoms with Crippen molar-refractivity contribution in [2.45, 2.75) is 27.7 Å². The molecule has 0 spiro atoms. The van der Waals surface area contributed by atoms with Gasteiger partial charge in [0.15, 0.2) is 0 Å². The zero-order chi connectivity index (χ0) is 12.8. The number of nitrogens with zero attached hydrogens (tertiary/aromatic N) is 1. The van der Waals surface area contributed by atoms with Gasteiger partial charge in [-0.05, 0) is 22.8 Å². The van der Waals surface area contributed by atoms with Gasteiger partial charge in [0.1, 0.15) is 5.82 Å². The minimum Gasteiger partial charge on any atom is -0.396 e. The second-order valence-corrected chi connectivity index (χ2v) is 6.40. The molecule has 3 nitrogen and oxygen atoms in total. The van der Waals surface area contributed by atoms with Crippen LogP contribution in [-0.4, -0.2) is 11.5 Å². The average Bonchev–Trinajstić information content (AvgIpc) is 2.58. The Morgan fingerprint density at radius 3 is 2.41 bits per heavy atom. The summed E-state index contributed by atoms with van der Waals surface area (Å²) >= 11 is 5.81. The lowest BCUT2D eigenvalue weighted by molar-refractivity contribution is 0.457. The summed E-state index contributed by atoms with van der Waals surface area (Å²) in [4.78, 5) is 4.21. The van der Waals surface area contributed by atoms with Crippen molar-refractivity contribution in [1.82, 2.24) is 4.98 Å². The van der Waals surface area contributed by atoms with Gasteiger partial charge in [0.2, 0.25) is 0 Å². The first-order chi connectivity index (χ1) is 7.76. The van der Waals surface area contributed by atoms with Gasteiger partial charge in [-0.1, -0.05) is 39.3 Å². The Morgan fingerprint density at radius 2 is 1.94 bits per heavy atom. The Bertz CT molecular complexity index is 426. The van der Waals surface area contributed by atoms with Crippen LogP contribution in [-0.2, 0) is 0 Å². The molecule has 0 amide bonds. The van der Waals surface area contributed by atoms with Gasteiger partial charge in [-0.15, -0.1) is 0 Å². The van der Waals surface area contributed by atoms with Crippen LogP contribution in [0, 0.1) is 16.7 Å². The summed E-state index contributed by atoms with van der Waals surface area (Å²) in [7, 11) is 0. The molecule has 0 atom stereocenters. The molecular weight excluding hydrogens is 234 g/mol. The molecule has 0 saturated heterocycles. The van der Waals surface area contributed by atoms with E-state index in [1.165, 1.54) is 0 Å². The zero-order valence-corrected chi connectivity index (χ0v) is 11.6. The highest BCUT2D eigenvalue weighted by molar-refractivity contribution is 6.30. The van der Waals surface area contributed by atoms with E-state index >= 15 is 0 Å². The van der Waals surface area contributed by atoms with Crippen LogP contribution in [0.4, 0.5) is 11.5 Å². The lowest BCUT2D eigenvalue weighted by Crippen LogP contribution is -2.10. The molecule has 1 aromatic rings. The van der Waals surface area contributed by atoms with Crippen molar-refractivity contribution in [3.63, 3.8) is 0 Å². The number of aromatic nitrogens is 1. The minimum atomic E-state index is 0.376. The van der Waals surface area contributed by atoms with Crippen LogP contribution in [0.3, 0.4) is 0 Å². The predicted molar refractivity (Wildman–Crippen MR) is 73.2 cm³/mol. The zero-order valence-electron chi connectivity index (χ0n) is 10.8. The molecule has 1 fully saturated rings. The van der Waals surface area contributed by atoms with Gasteiger partial charge in [-0.3, -0.25) is 0 Å². The monoisotopic (exact) mass is 253 g/mol. The third-order valence-electron chi connectivity index (χ3n) is 4.68. The number of halogens is 1. The van der Waals surface area contributed by atoms with Crippen LogP contribution >= 0.6 is 11.6 Å². The van der Waals surface area contributed by atoms with Gasteiger partial charge in [0, 0.05) is 12.7 Å². The van der Waals surface area contributed by atoms with Gasteiger partial charge in [-0.25, -0.2) is 4.98 Å². The molecular formula is C13H20ClN3. The molecule has 94 valence electrons. The van der Waals surface area contributed by atoms with Crippen LogP contribution in [0.1, 0.15) is 27.7 Å². The molecule has 0 bridgehead atoms. The smallest absolute Gasteiger partial charge is 0.149 e. The number of nitrogens with two attached hydrogens (primary N) is 1. The standard InChI is InChI=1S/C13H20ClN3/c1-12(2)10(13(12,3)4)7-17-11-9(15)5-8(14)6-16-11/h5-6,10H,7,15H2,1-4H3,(H,16,17). The van der Waals surface area contributed by atoms with Gasteiger partial charge >= 0.3 is 0 Å². The fourth-order valence-electron chi connectivity index (χ4n) is 2.64. The molecule has 1 aromatic heterocycles. The SMILES string of the molecule is CC1(C)C(CNc2ncc(Cl)cc2N)C1(C)C. The molecule has 1 aliphatic carbocycles. The van der Waals surface area contributed by atoms with Gasteiger partial charge in [0.05, 0.1) is 10.7 Å². The van der Waals surface area contributed by atoms with E-state index in [2.05, 4.69) is 38.0 Å². The summed E-state index contributed by atoms with van der Waals surface area (Å²) in [6.45, 7) is 10.1. The number of anilines is 2. The van der Waals surface area contributed by atoms with E-state index < -0.39 is 0 Å². The summed E-state index contributed by atoms with van der Waals surface area (Å²) in [5.74, 6) is 1.37. The molecule has 4 heteroatoms. The maximum absolute atomic E-state index is 5.85. The normalized spacial score (nSPS) is 21.2. The van der Waals surface area contributed by atoms with Crippen molar-refractivity contribution in [2.24, 2.45) is 16.7 Å². The van der Waals surface area contributed by atoms with E-state index in [9.17, 15) is 0 Å². The molecule has 0 unspecified atom stereocenters. The molecule has 3 N–H and O–H groups in total. The Kier molecular flexibility index (Phi) is 2.77. The van der Waals surface area contributed by atoms with Crippen molar-refractivity contribution in [3.05, 3.63) is 17.3 Å². The van der Waals surface area contributed by atoms with E-state index in [1.54, 1.807) is 12.3 Å². The van der Waals surface area contributed by atoms with Gasteiger partial charge in [0.25, 0.3) is 0 Å². The van der Waals surface area contributed by atoms with Crippen LogP contribution in [0.25, 0.3) is 0 Å². The fraction of sp³-hybridized carbons (Fsp3) is 0.615. The molecule has 1 aliphatic rings. The topological polar surface area (TPSA) is 50.9 Å². The first kappa shape index (κ1) is 12.5. The molecule has 0 aromatic carbocycles. The third-order valence-corrected chi connectivity index (χ3v) is 4.88. The quantitative estimate of drug-likeness (QED) is 0.868. The Morgan fingerprint density at radius 1 is 1.35 bits per heavy atom. The van der Waals surface area contributed by atoms with Crippen molar-refractivity contribution < 1.29 is 0 Å². The average molecular weight is 254 g/mol. The third kappa shape index (κ3) is 1.97. The van der Waals surface area contributed by atoms with Crippen molar-refractivity contribution >= 4 is 23.1 Å². The predicted octanol–water partition coefficient (Wildman–Crippen LogP) is 3.41. The summed E-state index contributed by atoms with van der Waals surface area (Å²) < 4.78 is 0. The maximum Gasteiger partial charge on any atom is 0.149 e. The summed E-state index contributed by atoms with van der Waals surface area (Å²) in [6.07, 6.45) is 1.61. The number of nitrogen functional groups attached to an aromatic ring is 1.